The first-order valence-electron chi connectivity index (χ1n) is 5.44. The smallest absolute Gasteiger partial charge is 0.219 e. The third-order valence-corrected chi connectivity index (χ3v) is 2.85. The molecule has 0 aliphatic heterocycles. The van der Waals surface area contributed by atoms with Gasteiger partial charge in [-0.15, -0.1) is 0 Å². The highest BCUT2D eigenvalue weighted by molar-refractivity contribution is 6.01. The summed E-state index contributed by atoms with van der Waals surface area (Å²) in [6.45, 7) is 7.34. The number of fused-ring (bicyclic) bond motifs is 1. The SMILES string of the molecule is [C-]#[N+]c1c(-c2ccccc2)[nH]c2ccccc12. The molecule has 2 heteroatoms. The van der Waals surface area contributed by atoms with Crippen molar-refractivity contribution < 1.29 is 0 Å². The minimum absolute atomic E-state index is 0.701. The predicted octanol–water partition coefficient (Wildman–Crippen LogP) is 4.39. The zero-order valence-electron chi connectivity index (χ0n) is 9.14. The van der Waals surface area contributed by atoms with Gasteiger partial charge in [0.25, 0.3) is 0 Å². The number of hydrogen-bond donors (Lipinski definition) is 1. The summed E-state index contributed by atoms with van der Waals surface area (Å²) in [6.07, 6.45) is 0. The molecular weight excluding hydrogens is 208 g/mol. The van der Waals surface area contributed by atoms with Crippen LogP contribution in [0.5, 0.6) is 0 Å². The summed E-state index contributed by atoms with van der Waals surface area (Å²) >= 11 is 0. The van der Waals surface area contributed by atoms with E-state index in [1.807, 2.05) is 54.6 Å². The fourth-order valence-electron chi connectivity index (χ4n) is 2.06. The third-order valence-electron chi connectivity index (χ3n) is 2.85. The first kappa shape index (κ1) is 9.68. The summed E-state index contributed by atoms with van der Waals surface area (Å²) in [5.74, 6) is 0. The lowest BCUT2D eigenvalue weighted by atomic mass is 10.1. The summed E-state index contributed by atoms with van der Waals surface area (Å²) in [5, 5.41) is 0.987. The van der Waals surface area contributed by atoms with Crippen LogP contribution in [-0.2, 0) is 0 Å². The molecule has 3 aromatic rings. The first-order chi connectivity index (χ1) is 8.40. The van der Waals surface area contributed by atoms with E-state index in [-0.39, 0.29) is 0 Å². The molecular formula is C15H10N2. The number of nitrogens with one attached hydrogen (secondary N) is 1. The molecule has 2 nitrogen and oxygen atoms in total. The van der Waals surface area contributed by atoms with E-state index >= 15 is 0 Å². The second kappa shape index (κ2) is 3.80. The fraction of sp³-hybridized carbons (Fsp3) is 0. The normalized spacial score (nSPS) is 10.3. The van der Waals surface area contributed by atoms with Gasteiger partial charge in [-0.1, -0.05) is 48.5 Å². The van der Waals surface area contributed by atoms with E-state index in [0.717, 1.165) is 22.2 Å². The van der Waals surface area contributed by atoms with Crippen molar-refractivity contribution >= 4 is 16.6 Å². The van der Waals surface area contributed by atoms with Gasteiger partial charge in [0.05, 0.1) is 12.3 Å². The topological polar surface area (TPSA) is 20.1 Å². The first-order valence-corrected chi connectivity index (χ1v) is 5.44. The maximum atomic E-state index is 7.34. The van der Waals surface area contributed by atoms with Gasteiger partial charge in [-0.25, -0.2) is 4.85 Å². The van der Waals surface area contributed by atoms with Crippen molar-refractivity contribution in [2.45, 2.75) is 0 Å². The molecule has 1 N–H and O–H groups in total. The molecule has 17 heavy (non-hydrogen) atoms. The van der Waals surface area contributed by atoms with Crippen LogP contribution in [0.25, 0.3) is 27.0 Å². The predicted molar refractivity (Wildman–Crippen MR) is 70.0 cm³/mol. The number of aromatic amines is 1. The van der Waals surface area contributed by atoms with Crippen molar-refractivity contribution in [3.63, 3.8) is 0 Å². The van der Waals surface area contributed by atoms with Gasteiger partial charge in [0, 0.05) is 10.9 Å². The Morgan fingerprint density at radius 2 is 1.59 bits per heavy atom. The van der Waals surface area contributed by atoms with Crippen LogP contribution in [0.2, 0.25) is 0 Å². The van der Waals surface area contributed by atoms with Crippen LogP contribution >= 0.6 is 0 Å². The van der Waals surface area contributed by atoms with Crippen molar-refractivity contribution in [2.24, 2.45) is 0 Å². The summed E-state index contributed by atoms with van der Waals surface area (Å²) in [6, 6.07) is 17.9. The largest absolute Gasteiger partial charge is 0.365 e. The van der Waals surface area contributed by atoms with Crippen molar-refractivity contribution in [3.05, 3.63) is 66.0 Å². The van der Waals surface area contributed by atoms with E-state index in [1.54, 1.807) is 0 Å². The van der Waals surface area contributed by atoms with Crippen molar-refractivity contribution in [1.29, 1.82) is 0 Å². The van der Waals surface area contributed by atoms with E-state index in [0.29, 0.717) is 5.69 Å². The van der Waals surface area contributed by atoms with E-state index in [2.05, 4.69) is 9.83 Å². The van der Waals surface area contributed by atoms with E-state index in [4.69, 9.17) is 6.57 Å². The number of para-hydroxylation sites is 1. The van der Waals surface area contributed by atoms with Crippen molar-refractivity contribution in [1.82, 2.24) is 4.98 Å². The van der Waals surface area contributed by atoms with Crippen molar-refractivity contribution in [2.75, 3.05) is 0 Å². The quantitative estimate of drug-likeness (QED) is 0.585. The molecule has 80 valence electrons. The van der Waals surface area contributed by atoms with Gasteiger partial charge in [0.1, 0.15) is 0 Å². The zero-order valence-corrected chi connectivity index (χ0v) is 9.14. The number of nitrogens with zero attached hydrogens (tertiary/aromatic N) is 1. The summed E-state index contributed by atoms with van der Waals surface area (Å²) in [4.78, 5) is 6.97. The van der Waals surface area contributed by atoms with Gasteiger partial charge in [-0.2, -0.15) is 0 Å². The molecule has 0 bridgehead atoms. The highest BCUT2D eigenvalue weighted by Gasteiger charge is 2.11. The molecule has 1 aromatic heterocycles. The van der Waals surface area contributed by atoms with Crippen LogP contribution in [0.3, 0.4) is 0 Å². The molecule has 0 aliphatic carbocycles. The van der Waals surface area contributed by atoms with Crippen LogP contribution in [0, 0.1) is 6.57 Å². The highest BCUT2D eigenvalue weighted by Crippen LogP contribution is 2.36. The van der Waals surface area contributed by atoms with Gasteiger partial charge in [0.15, 0.2) is 0 Å². The number of rotatable bonds is 1. The Labute approximate surface area is 99.3 Å². The maximum absolute atomic E-state index is 7.34. The van der Waals surface area contributed by atoms with Crippen LogP contribution in [-0.4, -0.2) is 4.98 Å². The Morgan fingerprint density at radius 1 is 0.882 bits per heavy atom. The Morgan fingerprint density at radius 3 is 2.35 bits per heavy atom. The lowest BCUT2D eigenvalue weighted by Gasteiger charge is -1.97. The Balaban J connectivity index is 2.35. The molecule has 2 aromatic carbocycles. The van der Waals surface area contributed by atoms with Gasteiger partial charge < -0.3 is 4.98 Å². The molecule has 0 unspecified atom stereocenters. The summed E-state index contributed by atoms with van der Waals surface area (Å²) in [7, 11) is 0. The average Bonchev–Trinajstić information content (AvgIpc) is 2.78. The molecule has 0 radical (unpaired) electrons. The lowest BCUT2D eigenvalue weighted by molar-refractivity contribution is 1.46. The average molecular weight is 218 g/mol. The molecule has 0 saturated heterocycles. The minimum Gasteiger partial charge on any atom is -0.365 e. The molecule has 0 aliphatic rings. The monoisotopic (exact) mass is 218 g/mol. The van der Waals surface area contributed by atoms with Gasteiger partial charge in [-0.05, 0) is 11.6 Å². The number of benzene rings is 2. The summed E-state index contributed by atoms with van der Waals surface area (Å²) < 4.78 is 0. The fourth-order valence-corrected chi connectivity index (χ4v) is 2.06. The maximum Gasteiger partial charge on any atom is 0.219 e. The molecule has 0 fully saturated rings. The van der Waals surface area contributed by atoms with Crippen LogP contribution < -0.4 is 0 Å². The third kappa shape index (κ3) is 1.49. The number of hydrogen-bond acceptors (Lipinski definition) is 0. The van der Waals surface area contributed by atoms with Crippen LogP contribution in [0.15, 0.2) is 54.6 Å². The Bertz CT molecular complexity index is 703. The molecule has 0 atom stereocenters. The second-order valence-electron chi connectivity index (χ2n) is 3.87. The van der Waals surface area contributed by atoms with E-state index in [1.165, 1.54) is 0 Å². The van der Waals surface area contributed by atoms with Gasteiger partial charge >= 0.3 is 0 Å². The van der Waals surface area contributed by atoms with Crippen molar-refractivity contribution in [3.8, 4) is 11.3 Å². The summed E-state index contributed by atoms with van der Waals surface area (Å²) in [5.41, 5.74) is 3.67. The standard InChI is InChI=1S/C15H10N2/c1-16-15-12-9-5-6-10-13(12)17-14(15)11-7-3-2-4-8-11/h2-10,17H. The van der Waals surface area contributed by atoms with E-state index in [9.17, 15) is 0 Å². The Hall–Kier alpha value is -2.53. The molecule has 0 saturated carbocycles. The molecule has 0 spiro atoms. The Kier molecular flexibility index (Phi) is 2.16. The lowest BCUT2D eigenvalue weighted by Crippen LogP contribution is -1.75. The van der Waals surface area contributed by atoms with Gasteiger partial charge in [-0.3, -0.25) is 0 Å². The zero-order chi connectivity index (χ0) is 11.7. The van der Waals surface area contributed by atoms with Crippen LogP contribution in [0.1, 0.15) is 0 Å². The molecule has 1 heterocycles. The minimum atomic E-state index is 0.701. The number of H-pyrrole nitrogens is 1. The highest BCUT2D eigenvalue weighted by atomic mass is 14.8. The number of aromatic nitrogens is 1. The van der Waals surface area contributed by atoms with Crippen LogP contribution in [0.4, 0.5) is 5.69 Å². The molecule has 3 rings (SSSR count). The second-order valence-corrected chi connectivity index (χ2v) is 3.87. The van der Waals surface area contributed by atoms with Gasteiger partial charge in [0.2, 0.25) is 5.69 Å². The molecule has 0 amide bonds. The van der Waals surface area contributed by atoms with E-state index < -0.39 is 0 Å².